The van der Waals surface area contributed by atoms with Gasteiger partial charge in [-0.25, -0.2) is 33.1 Å². The summed E-state index contributed by atoms with van der Waals surface area (Å²) in [5, 5.41) is 15.7. The highest BCUT2D eigenvalue weighted by molar-refractivity contribution is 5.94. The van der Waals surface area contributed by atoms with Gasteiger partial charge in [0.05, 0.1) is 11.7 Å². The van der Waals surface area contributed by atoms with Crippen molar-refractivity contribution >= 4 is 22.5 Å². The van der Waals surface area contributed by atoms with Crippen LogP contribution in [0, 0.1) is 28.8 Å². The van der Waals surface area contributed by atoms with Crippen LogP contribution in [0.25, 0.3) is 22.3 Å². The van der Waals surface area contributed by atoms with E-state index in [4.69, 9.17) is 5.26 Å². The summed E-state index contributed by atoms with van der Waals surface area (Å²) in [5.74, 6) is -1.25. The summed E-state index contributed by atoms with van der Waals surface area (Å²) in [6, 6.07) is 5.58. The lowest BCUT2D eigenvalue weighted by atomic mass is 9.91. The lowest BCUT2D eigenvalue weighted by Crippen LogP contribution is -2.35. The number of aromatic amines is 1. The van der Waals surface area contributed by atoms with E-state index in [1.165, 1.54) is 18.5 Å². The number of nitrogens with one attached hydrogen (secondary N) is 3. The third-order valence-electron chi connectivity index (χ3n) is 5.81. The Hall–Kier alpha value is -4.20. The Morgan fingerprint density at radius 2 is 1.85 bits per heavy atom. The smallest absolute Gasteiger partial charge is 0.234 e. The quantitative estimate of drug-likeness (QED) is 0.397. The molecule has 3 aromatic heterocycles. The van der Waals surface area contributed by atoms with Gasteiger partial charge in [0.1, 0.15) is 23.5 Å². The van der Waals surface area contributed by atoms with Crippen molar-refractivity contribution in [3.05, 3.63) is 60.1 Å². The number of hydrogen-bond acceptors (Lipinski definition) is 7. The predicted molar refractivity (Wildman–Crippen MR) is 119 cm³/mol. The minimum Gasteiger partial charge on any atom is -0.367 e. The summed E-state index contributed by atoms with van der Waals surface area (Å²) in [4.78, 5) is 19.1. The van der Waals surface area contributed by atoms with Gasteiger partial charge in [-0.05, 0) is 37.8 Å². The van der Waals surface area contributed by atoms with Crippen LogP contribution >= 0.6 is 0 Å². The fourth-order valence-corrected chi connectivity index (χ4v) is 4.29. The van der Waals surface area contributed by atoms with Gasteiger partial charge < -0.3 is 15.6 Å². The molecule has 172 valence electrons. The number of H-pyrrole nitrogens is 1. The van der Waals surface area contributed by atoms with Gasteiger partial charge in [-0.15, -0.1) is 0 Å². The van der Waals surface area contributed by atoms with Crippen LogP contribution in [-0.2, 0) is 0 Å². The van der Waals surface area contributed by atoms with Crippen LogP contribution in [0.3, 0.4) is 0 Å². The number of halogens is 3. The SMILES string of the molecule is N#Cc1nccc(NC2CCCC(Nc3nc(-c4c[nH]c5c(F)cc(F)cc45)ncc3F)C2)n1. The molecule has 0 aliphatic heterocycles. The van der Waals surface area contributed by atoms with Crippen LogP contribution in [0.15, 0.2) is 36.8 Å². The van der Waals surface area contributed by atoms with E-state index in [2.05, 4.69) is 35.6 Å². The van der Waals surface area contributed by atoms with Crippen LogP contribution in [-0.4, -0.2) is 37.0 Å². The molecule has 2 unspecified atom stereocenters. The van der Waals surface area contributed by atoms with Crippen LogP contribution in [0.4, 0.5) is 24.8 Å². The molecule has 1 aliphatic rings. The van der Waals surface area contributed by atoms with E-state index in [1.807, 2.05) is 6.07 Å². The van der Waals surface area contributed by atoms with Gasteiger partial charge in [-0.1, -0.05) is 0 Å². The van der Waals surface area contributed by atoms with Gasteiger partial charge in [0, 0.05) is 41.5 Å². The maximum absolute atomic E-state index is 14.6. The molecule has 34 heavy (non-hydrogen) atoms. The molecule has 1 saturated carbocycles. The lowest BCUT2D eigenvalue weighted by Gasteiger charge is -2.31. The number of fused-ring (bicyclic) bond motifs is 1. The highest BCUT2D eigenvalue weighted by Crippen LogP contribution is 2.30. The first-order chi connectivity index (χ1) is 16.5. The van der Waals surface area contributed by atoms with E-state index < -0.39 is 17.5 Å². The van der Waals surface area contributed by atoms with Gasteiger partial charge in [0.2, 0.25) is 5.82 Å². The maximum Gasteiger partial charge on any atom is 0.234 e. The second-order valence-corrected chi connectivity index (χ2v) is 8.13. The van der Waals surface area contributed by atoms with E-state index in [0.29, 0.717) is 17.8 Å². The standard InChI is InChI=1S/C23H19F3N8/c24-12-6-15-16(10-29-21(15)17(25)7-12)22-30-11-18(26)23(34-22)32-14-3-1-2-13(8-14)31-19-4-5-28-20(9-27)33-19/h4-7,10-11,13-14,29H,1-3,8H2,(H,28,31,33)(H,30,32,34). The number of nitrogens with zero attached hydrogens (tertiary/aromatic N) is 5. The molecule has 0 amide bonds. The Bertz CT molecular complexity index is 1400. The minimum absolute atomic E-state index is 0.0238. The van der Waals surface area contributed by atoms with Crippen molar-refractivity contribution in [3.63, 3.8) is 0 Å². The van der Waals surface area contributed by atoms with Crippen LogP contribution in [0.2, 0.25) is 0 Å². The highest BCUT2D eigenvalue weighted by atomic mass is 19.1. The van der Waals surface area contributed by atoms with Crippen molar-refractivity contribution in [2.24, 2.45) is 0 Å². The molecule has 4 aromatic rings. The molecular formula is C23H19F3N8. The molecule has 0 spiro atoms. The molecule has 1 aliphatic carbocycles. The second kappa shape index (κ2) is 8.97. The number of rotatable bonds is 5. The van der Waals surface area contributed by atoms with Crippen molar-refractivity contribution in [1.29, 1.82) is 5.26 Å². The molecule has 8 nitrogen and oxygen atoms in total. The maximum atomic E-state index is 14.6. The second-order valence-electron chi connectivity index (χ2n) is 8.13. The van der Waals surface area contributed by atoms with E-state index in [-0.39, 0.29) is 40.5 Å². The van der Waals surface area contributed by atoms with Crippen molar-refractivity contribution in [1.82, 2.24) is 24.9 Å². The van der Waals surface area contributed by atoms with Crippen LogP contribution in [0.1, 0.15) is 31.5 Å². The fraction of sp³-hybridized carbons (Fsp3) is 0.261. The third kappa shape index (κ3) is 4.34. The summed E-state index contributed by atoms with van der Waals surface area (Å²) in [7, 11) is 0. The van der Waals surface area contributed by atoms with Crippen molar-refractivity contribution in [2.75, 3.05) is 10.6 Å². The third-order valence-corrected chi connectivity index (χ3v) is 5.81. The molecule has 3 N–H and O–H groups in total. The fourth-order valence-electron chi connectivity index (χ4n) is 4.29. The Kier molecular flexibility index (Phi) is 5.71. The molecule has 5 rings (SSSR count). The molecule has 1 aromatic carbocycles. The number of benzene rings is 1. The molecule has 2 atom stereocenters. The van der Waals surface area contributed by atoms with Gasteiger partial charge in [0.15, 0.2) is 17.5 Å². The Morgan fingerprint density at radius 3 is 2.68 bits per heavy atom. The zero-order valence-corrected chi connectivity index (χ0v) is 17.8. The van der Waals surface area contributed by atoms with Crippen LogP contribution < -0.4 is 10.6 Å². The Balaban J connectivity index is 1.35. The normalized spacial score (nSPS) is 17.9. The van der Waals surface area contributed by atoms with E-state index in [9.17, 15) is 13.2 Å². The first-order valence-electron chi connectivity index (χ1n) is 10.8. The summed E-state index contributed by atoms with van der Waals surface area (Å²) in [5.41, 5.74) is 0.501. The van der Waals surface area contributed by atoms with Gasteiger partial charge in [-0.3, -0.25) is 0 Å². The first kappa shape index (κ1) is 21.6. The largest absolute Gasteiger partial charge is 0.367 e. The number of hydrogen-bond donors (Lipinski definition) is 3. The molecule has 0 radical (unpaired) electrons. The van der Waals surface area contributed by atoms with Gasteiger partial charge >= 0.3 is 0 Å². The average molecular weight is 464 g/mol. The monoisotopic (exact) mass is 464 g/mol. The molecule has 3 heterocycles. The zero-order chi connectivity index (χ0) is 23.7. The Labute approximate surface area is 192 Å². The topological polar surface area (TPSA) is 115 Å². The highest BCUT2D eigenvalue weighted by Gasteiger charge is 2.24. The Morgan fingerprint density at radius 1 is 1.03 bits per heavy atom. The van der Waals surface area contributed by atoms with E-state index in [1.54, 1.807) is 6.07 Å². The summed E-state index contributed by atoms with van der Waals surface area (Å²) >= 11 is 0. The van der Waals surface area contributed by atoms with Crippen LogP contribution in [0.5, 0.6) is 0 Å². The number of anilines is 2. The first-order valence-corrected chi connectivity index (χ1v) is 10.8. The molecule has 1 fully saturated rings. The summed E-state index contributed by atoms with van der Waals surface area (Å²) in [6.07, 6.45) is 7.32. The summed E-state index contributed by atoms with van der Waals surface area (Å²) in [6.45, 7) is 0. The predicted octanol–water partition coefficient (Wildman–Crippen LogP) is 4.54. The molecule has 11 heteroatoms. The molecule has 0 saturated heterocycles. The number of aromatic nitrogens is 5. The lowest BCUT2D eigenvalue weighted by molar-refractivity contribution is 0.424. The van der Waals surface area contributed by atoms with Crippen molar-refractivity contribution in [3.8, 4) is 17.5 Å². The summed E-state index contributed by atoms with van der Waals surface area (Å²) < 4.78 is 42.4. The molecular weight excluding hydrogens is 445 g/mol. The minimum atomic E-state index is -0.729. The van der Waals surface area contributed by atoms with Gasteiger partial charge in [-0.2, -0.15) is 5.26 Å². The number of nitriles is 1. The van der Waals surface area contributed by atoms with Crippen molar-refractivity contribution < 1.29 is 13.2 Å². The van der Waals surface area contributed by atoms with E-state index in [0.717, 1.165) is 31.5 Å². The van der Waals surface area contributed by atoms with Crippen molar-refractivity contribution in [2.45, 2.75) is 37.8 Å². The van der Waals surface area contributed by atoms with Gasteiger partial charge in [0.25, 0.3) is 0 Å². The van der Waals surface area contributed by atoms with E-state index >= 15 is 0 Å². The zero-order valence-electron chi connectivity index (χ0n) is 17.8. The average Bonchev–Trinajstić information content (AvgIpc) is 3.25. The molecule has 0 bridgehead atoms.